The Hall–Kier alpha value is -3.50. The van der Waals surface area contributed by atoms with Gasteiger partial charge in [0.05, 0.1) is 5.69 Å². The van der Waals surface area contributed by atoms with Crippen LogP contribution in [0.1, 0.15) is 32.9 Å². The maximum absolute atomic E-state index is 14.2. The summed E-state index contributed by atoms with van der Waals surface area (Å²) in [4.78, 5) is 21.1. The van der Waals surface area contributed by atoms with Crippen molar-refractivity contribution >= 4 is 23.2 Å². The number of hydrogen-bond acceptors (Lipinski definition) is 4. The summed E-state index contributed by atoms with van der Waals surface area (Å²) < 4.78 is 56.8. The minimum absolute atomic E-state index is 0.0655. The van der Waals surface area contributed by atoms with Gasteiger partial charge in [-0.1, -0.05) is 29.8 Å². The van der Waals surface area contributed by atoms with Crippen molar-refractivity contribution in [3.05, 3.63) is 87.4 Å². The molecule has 1 aliphatic heterocycles. The first kappa shape index (κ1) is 26.1. The van der Waals surface area contributed by atoms with E-state index in [4.69, 9.17) is 11.6 Å². The molecule has 0 bridgehead atoms. The van der Waals surface area contributed by atoms with Crippen LogP contribution >= 0.6 is 11.6 Å². The van der Waals surface area contributed by atoms with Crippen molar-refractivity contribution in [2.75, 3.05) is 26.2 Å². The van der Waals surface area contributed by atoms with Gasteiger partial charge in [0.2, 0.25) is 0 Å². The number of hydrogen-bond donors (Lipinski definition) is 0. The van der Waals surface area contributed by atoms with Gasteiger partial charge in [-0.15, -0.1) is 0 Å². The minimum Gasteiger partial charge on any atom is -0.335 e. The quantitative estimate of drug-likeness (QED) is 0.305. The van der Waals surface area contributed by atoms with Crippen LogP contribution in [0.5, 0.6) is 0 Å². The average Bonchev–Trinajstić information content (AvgIpc) is 3.31. The summed E-state index contributed by atoms with van der Waals surface area (Å²) in [7, 11) is 0. The normalized spacial score (nSPS) is 14.9. The number of nitrogens with zero attached hydrogens (tertiary/aromatic N) is 5. The molecule has 0 spiro atoms. The predicted octanol–water partition coefficient (Wildman–Crippen LogP) is 5.78. The van der Waals surface area contributed by atoms with E-state index in [1.54, 1.807) is 18.2 Å². The van der Waals surface area contributed by atoms with Crippen LogP contribution in [0, 0.1) is 19.7 Å². The number of amides is 1. The van der Waals surface area contributed by atoms with E-state index in [2.05, 4.69) is 10.1 Å². The predicted molar refractivity (Wildman–Crippen MR) is 135 cm³/mol. The van der Waals surface area contributed by atoms with E-state index in [0.29, 0.717) is 53.4 Å². The van der Waals surface area contributed by atoms with Gasteiger partial charge < -0.3 is 4.90 Å². The number of halogens is 5. The average molecular weight is 546 g/mol. The molecule has 4 aromatic rings. The Morgan fingerprint density at radius 3 is 2.39 bits per heavy atom. The van der Waals surface area contributed by atoms with Crippen molar-refractivity contribution < 1.29 is 22.4 Å². The summed E-state index contributed by atoms with van der Waals surface area (Å²) in [5, 5.41) is 4.33. The molecular formula is C27H24ClF4N5O. The maximum Gasteiger partial charge on any atom is 0.433 e. The Morgan fingerprint density at radius 1 is 1.00 bits per heavy atom. The van der Waals surface area contributed by atoms with Gasteiger partial charge in [0.25, 0.3) is 5.91 Å². The third-order valence-corrected chi connectivity index (χ3v) is 7.20. The highest BCUT2D eigenvalue weighted by Gasteiger charge is 2.36. The van der Waals surface area contributed by atoms with Crippen LogP contribution in [0.25, 0.3) is 16.9 Å². The van der Waals surface area contributed by atoms with Crippen molar-refractivity contribution in [1.29, 1.82) is 0 Å². The molecule has 2 aromatic carbocycles. The Bertz CT molecular complexity index is 1510. The molecule has 0 saturated carbocycles. The first-order chi connectivity index (χ1) is 18.0. The Kier molecular flexibility index (Phi) is 6.87. The second-order valence-electron chi connectivity index (χ2n) is 9.39. The number of piperazine rings is 1. The smallest absolute Gasteiger partial charge is 0.335 e. The number of aryl methyl sites for hydroxylation is 2. The molecule has 2 aromatic heterocycles. The molecule has 1 saturated heterocycles. The minimum atomic E-state index is -4.71. The Balaban J connectivity index is 1.39. The van der Waals surface area contributed by atoms with Crippen molar-refractivity contribution in [1.82, 2.24) is 24.4 Å². The fraction of sp³-hybridized carbons (Fsp3) is 0.296. The summed E-state index contributed by atoms with van der Waals surface area (Å²) in [5.74, 6) is -0.881. The molecule has 3 heterocycles. The topological polar surface area (TPSA) is 53.7 Å². The number of fused-ring (bicyclic) bond motifs is 1. The molecule has 1 aliphatic rings. The second kappa shape index (κ2) is 9.99. The molecule has 6 nitrogen and oxygen atoms in total. The molecule has 11 heteroatoms. The lowest BCUT2D eigenvalue weighted by atomic mass is 10.0. The third kappa shape index (κ3) is 5.10. The molecule has 5 rings (SSSR count). The molecule has 0 atom stereocenters. The molecule has 0 N–H and O–H groups in total. The summed E-state index contributed by atoms with van der Waals surface area (Å²) in [6.45, 7) is 5.61. The lowest BCUT2D eigenvalue weighted by Gasteiger charge is -2.34. The first-order valence-electron chi connectivity index (χ1n) is 12.0. The van der Waals surface area contributed by atoms with Crippen LogP contribution in [0.2, 0.25) is 5.02 Å². The number of benzene rings is 2. The van der Waals surface area contributed by atoms with E-state index >= 15 is 0 Å². The number of alkyl halides is 3. The Labute approximate surface area is 221 Å². The fourth-order valence-corrected chi connectivity index (χ4v) is 4.73. The van der Waals surface area contributed by atoms with Gasteiger partial charge in [-0.2, -0.15) is 18.3 Å². The summed E-state index contributed by atoms with van der Waals surface area (Å²) in [6.07, 6.45) is -4.71. The molecule has 38 heavy (non-hydrogen) atoms. The van der Waals surface area contributed by atoms with Crippen LogP contribution in [0.3, 0.4) is 0 Å². The highest BCUT2D eigenvalue weighted by atomic mass is 35.5. The van der Waals surface area contributed by atoms with Crippen LogP contribution in [0.15, 0.2) is 48.5 Å². The van der Waals surface area contributed by atoms with Crippen molar-refractivity contribution in [2.45, 2.75) is 26.6 Å². The molecule has 198 valence electrons. The molecule has 1 amide bonds. The molecular weight excluding hydrogens is 522 g/mol. The van der Waals surface area contributed by atoms with Gasteiger partial charge in [0.15, 0.2) is 17.0 Å². The molecule has 0 aliphatic carbocycles. The zero-order chi connectivity index (χ0) is 27.2. The summed E-state index contributed by atoms with van der Waals surface area (Å²) in [5.41, 5.74) is 1.82. The highest BCUT2D eigenvalue weighted by Crippen LogP contribution is 2.33. The molecule has 0 radical (unpaired) electrons. The van der Waals surface area contributed by atoms with Crippen molar-refractivity contribution in [3.63, 3.8) is 0 Å². The highest BCUT2D eigenvalue weighted by molar-refractivity contribution is 6.31. The standard InChI is InChI=1S/C27H24ClF4N5O/c1-16-6-7-18(12-17(16)2)22-13-24(27(30,31)32)37-25(33-22)14-23(34-37)26(38)36-10-8-35(9-11-36)15-19-20(28)4-3-5-21(19)29/h3-7,12-14H,8-11,15H2,1-2H3. The third-order valence-electron chi connectivity index (χ3n) is 6.84. The van der Waals surface area contributed by atoms with Crippen molar-refractivity contribution in [2.24, 2.45) is 0 Å². The van der Waals surface area contributed by atoms with Crippen LogP contribution in [-0.2, 0) is 12.7 Å². The fourth-order valence-electron chi connectivity index (χ4n) is 4.51. The number of carbonyl (C=O) groups excluding carboxylic acids is 1. The van der Waals surface area contributed by atoms with Gasteiger partial charge in [-0.05, 0) is 49.2 Å². The summed E-state index contributed by atoms with van der Waals surface area (Å²) >= 11 is 6.13. The maximum atomic E-state index is 14.2. The van der Waals surface area contributed by atoms with Gasteiger partial charge in [0, 0.05) is 54.9 Å². The van der Waals surface area contributed by atoms with E-state index < -0.39 is 23.6 Å². The van der Waals surface area contributed by atoms with Crippen LogP contribution < -0.4 is 0 Å². The SMILES string of the molecule is Cc1ccc(-c2cc(C(F)(F)F)n3nc(C(=O)N4CCN(Cc5c(F)cccc5Cl)CC4)cc3n2)cc1C. The van der Waals surface area contributed by atoms with E-state index in [0.717, 1.165) is 17.2 Å². The van der Waals surface area contributed by atoms with Gasteiger partial charge >= 0.3 is 6.18 Å². The lowest BCUT2D eigenvalue weighted by Crippen LogP contribution is -2.48. The summed E-state index contributed by atoms with van der Waals surface area (Å²) in [6, 6.07) is 12.1. The van der Waals surface area contributed by atoms with Gasteiger partial charge in [-0.3, -0.25) is 9.69 Å². The number of rotatable bonds is 4. The lowest BCUT2D eigenvalue weighted by molar-refractivity contribution is -0.142. The van der Waals surface area contributed by atoms with Gasteiger partial charge in [0.1, 0.15) is 5.82 Å². The zero-order valence-corrected chi connectivity index (χ0v) is 21.4. The van der Waals surface area contributed by atoms with E-state index in [9.17, 15) is 22.4 Å². The van der Waals surface area contributed by atoms with Crippen molar-refractivity contribution in [3.8, 4) is 11.3 Å². The largest absolute Gasteiger partial charge is 0.433 e. The van der Waals surface area contributed by atoms with E-state index in [1.165, 1.54) is 23.1 Å². The second-order valence-corrected chi connectivity index (χ2v) is 9.80. The number of carbonyl (C=O) groups is 1. The van der Waals surface area contributed by atoms with E-state index in [-0.39, 0.29) is 17.0 Å². The monoisotopic (exact) mass is 545 g/mol. The van der Waals surface area contributed by atoms with Crippen LogP contribution in [0.4, 0.5) is 17.6 Å². The first-order valence-corrected chi connectivity index (χ1v) is 12.4. The number of aromatic nitrogens is 3. The zero-order valence-electron chi connectivity index (χ0n) is 20.7. The Morgan fingerprint density at radius 2 is 1.74 bits per heavy atom. The van der Waals surface area contributed by atoms with E-state index in [1.807, 2.05) is 24.8 Å². The van der Waals surface area contributed by atoms with Crippen LogP contribution in [-0.4, -0.2) is 56.5 Å². The van der Waals surface area contributed by atoms with Gasteiger partial charge in [-0.25, -0.2) is 13.9 Å². The molecule has 0 unspecified atom stereocenters. The molecule has 1 fully saturated rings.